The fraction of sp³-hybridized carbons (Fsp3) is 0.769. The smallest absolute Gasteiger partial charge is 0.334 e. The van der Waals surface area contributed by atoms with Crippen molar-refractivity contribution in [3.05, 3.63) is 15.8 Å². The molecule has 1 aromatic heterocycles. The third kappa shape index (κ3) is 2.77. The summed E-state index contributed by atoms with van der Waals surface area (Å²) in [5.41, 5.74) is 0.785. The average Bonchev–Trinajstić information content (AvgIpc) is 2.76. The van der Waals surface area contributed by atoms with Gasteiger partial charge in [-0.05, 0) is 26.3 Å². The van der Waals surface area contributed by atoms with Crippen molar-refractivity contribution in [3.8, 4) is 0 Å². The highest BCUT2D eigenvalue weighted by molar-refractivity contribution is 5.62. The normalized spacial score (nSPS) is 19.4. The van der Waals surface area contributed by atoms with E-state index in [9.17, 15) is 10.1 Å². The Morgan fingerprint density at radius 1 is 1.55 bits per heavy atom. The molecule has 7 nitrogen and oxygen atoms in total. The first-order valence-corrected chi connectivity index (χ1v) is 7.21. The molecule has 0 spiro atoms. The summed E-state index contributed by atoms with van der Waals surface area (Å²) >= 11 is 0. The first-order valence-electron chi connectivity index (χ1n) is 7.21. The summed E-state index contributed by atoms with van der Waals surface area (Å²) in [6.45, 7) is 3.66. The summed E-state index contributed by atoms with van der Waals surface area (Å²) in [6, 6.07) is 0.382. The first kappa shape index (κ1) is 14.8. The zero-order valence-corrected chi connectivity index (χ0v) is 12.4. The maximum Gasteiger partial charge on any atom is 0.334 e. The number of aromatic nitrogens is 2. The van der Waals surface area contributed by atoms with Crippen LogP contribution in [0.4, 0.5) is 11.5 Å². The second-order valence-electron chi connectivity index (χ2n) is 5.32. The Bertz CT molecular complexity index is 485. The molecule has 7 heteroatoms. The third-order valence-electron chi connectivity index (χ3n) is 3.86. The molecule has 1 N–H and O–H groups in total. The van der Waals surface area contributed by atoms with Crippen LogP contribution < -0.4 is 10.2 Å². The van der Waals surface area contributed by atoms with Crippen LogP contribution in [0.3, 0.4) is 0 Å². The van der Waals surface area contributed by atoms with Crippen molar-refractivity contribution in [2.45, 2.75) is 38.6 Å². The van der Waals surface area contributed by atoms with Crippen LogP contribution in [-0.2, 0) is 13.5 Å². The molecule has 1 unspecified atom stereocenters. The Hall–Kier alpha value is -1.63. The Labute approximate surface area is 119 Å². The SMILES string of the molecule is CCCc1nn(C)c(N2CCCC(NC)C2)c1[N+](=O)[O-]. The van der Waals surface area contributed by atoms with E-state index in [1.165, 1.54) is 0 Å². The molecule has 20 heavy (non-hydrogen) atoms. The van der Waals surface area contributed by atoms with Gasteiger partial charge in [-0.25, -0.2) is 4.68 Å². The van der Waals surface area contributed by atoms with E-state index in [1.54, 1.807) is 11.7 Å². The van der Waals surface area contributed by atoms with Crippen LogP contribution in [0.5, 0.6) is 0 Å². The molecular weight excluding hydrogens is 258 g/mol. The van der Waals surface area contributed by atoms with Gasteiger partial charge in [-0.15, -0.1) is 0 Å². The van der Waals surface area contributed by atoms with Crippen molar-refractivity contribution in [2.75, 3.05) is 25.0 Å². The highest BCUT2D eigenvalue weighted by Gasteiger charge is 2.32. The van der Waals surface area contributed by atoms with Crippen molar-refractivity contribution in [1.29, 1.82) is 0 Å². The number of rotatable bonds is 5. The van der Waals surface area contributed by atoms with Crippen molar-refractivity contribution in [2.24, 2.45) is 7.05 Å². The standard InChI is InChI=1S/C13H23N5O2/c1-4-6-11-12(18(19)20)13(16(3)15-11)17-8-5-7-10(9-17)14-2/h10,14H,4-9H2,1-3H3. The van der Waals surface area contributed by atoms with Crippen LogP contribution in [0, 0.1) is 10.1 Å². The second-order valence-corrected chi connectivity index (χ2v) is 5.32. The number of nitro groups is 1. The molecule has 1 aromatic rings. The quantitative estimate of drug-likeness (QED) is 0.653. The van der Waals surface area contributed by atoms with Gasteiger partial charge in [-0.3, -0.25) is 10.1 Å². The predicted molar refractivity (Wildman–Crippen MR) is 78.2 cm³/mol. The van der Waals surface area contributed by atoms with Crippen LogP contribution in [-0.4, -0.2) is 40.9 Å². The Kier molecular flexibility index (Phi) is 4.59. The largest absolute Gasteiger partial charge is 0.350 e. The topological polar surface area (TPSA) is 76.2 Å². The number of piperidine rings is 1. The van der Waals surface area contributed by atoms with E-state index < -0.39 is 0 Å². The molecule has 0 bridgehead atoms. The van der Waals surface area contributed by atoms with Gasteiger partial charge in [-0.2, -0.15) is 5.10 Å². The summed E-state index contributed by atoms with van der Waals surface area (Å²) in [6.07, 6.45) is 3.65. The first-order chi connectivity index (χ1) is 9.58. The van der Waals surface area contributed by atoms with Gasteiger partial charge in [0, 0.05) is 26.2 Å². The van der Waals surface area contributed by atoms with E-state index in [0.29, 0.717) is 24.0 Å². The molecule has 0 radical (unpaired) electrons. The van der Waals surface area contributed by atoms with E-state index in [2.05, 4.69) is 15.3 Å². The lowest BCUT2D eigenvalue weighted by molar-refractivity contribution is -0.384. The van der Waals surface area contributed by atoms with Gasteiger partial charge >= 0.3 is 5.69 Å². The molecule has 0 aliphatic carbocycles. The maximum absolute atomic E-state index is 11.4. The van der Waals surface area contributed by atoms with E-state index in [4.69, 9.17) is 0 Å². The molecular formula is C13H23N5O2. The Morgan fingerprint density at radius 3 is 2.90 bits per heavy atom. The zero-order valence-electron chi connectivity index (χ0n) is 12.4. The summed E-state index contributed by atoms with van der Waals surface area (Å²) in [7, 11) is 3.73. The molecule has 0 aromatic carbocycles. The minimum atomic E-state index is -0.281. The number of nitrogens with zero attached hydrogens (tertiary/aromatic N) is 4. The molecule has 1 aliphatic heterocycles. The number of hydrogen-bond donors (Lipinski definition) is 1. The maximum atomic E-state index is 11.4. The average molecular weight is 281 g/mol. The van der Waals surface area contributed by atoms with Gasteiger partial charge in [-0.1, -0.05) is 13.3 Å². The second kappa shape index (κ2) is 6.21. The highest BCUT2D eigenvalue weighted by Crippen LogP contribution is 2.33. The van der Waals surface area contributed by atoms with Crippen molar-refractivity contribution < 1.29 is 4.92 Å². The highest BCUT2D eigenvalue weighted by atomic mass is 16.6. The zero-order chi connectivity index (χ0) is 14.7. The monoisotopic (exact) mass is 281 g/mol. The molecule has 0 amide bonds. The van der Waals surface area contributed by atoms with Crippen molar-refractivity contribution in [3.63, 3.8) is 0 Å². The summed E-state index contributed by atoms with van der Waals surface area (Å²) < 4.78 is 1.67. The molecule has 2 heterocycles. The van der Waals surface area contributed by atoms with E-state index >= 15 is 0 Å². The summed E-state index contributed by atoms with van der Waals surface area (Å²) in [4.78, 5) is 13.2. The van der Waals surface area contributed by atoms with Crippen LogP contribution in [0.15, 0.2) is 0 Å². The summed E-state index contributed by atoms with van der Waals surface area (Å²) in [5, 5.41) is 19.1. The van der Waals surface area contributed by atoms with Crippen LogP contribution >= 0.6 is 0 Å². The van der Waals surface area contributed by atoms with Gasteiger partial charge in [0.25, 0.3) is 0 Å². The van der Waals surface area contributed by atoms with Gasteiger partial charge < -0.3 is 10.2 Å². The fourth-order valence-corrected chi connectivity index (χ4v) is 2.91. The lowest BCUT2D eigenvalue weighted by Crippen LogP contribution is -2.45. The van der Waals surface area contributed by atoms with Gasteiger partial charge in [0.05, 0.1) is 4.92 Å². The number of likely N-dealkylation sites (N-methyl/N-ethyl adjacent to an activating group) is 1. The molecule has 1 aliphatic rings. The molecule has 1 saturated heterocycles. The summed E-state index contributed by atoms with van der Waals surface area (Å²) in [5.74, 6) is 0.651. The molecule has 1 fully saturated rings. The molecule has 2 rings (SSSR count). The molecule has 112 valence electrons. The lowest BCUT2D eigenvalue weighted by Gasteiger charge is -2.33. The van der Waals surface area contributed by atoms with E-state index in [-0.39, 0.29) is 10.6 Å². The van der Waals surface area contributed by atoms with E-state index in [0.717, 1.165) is 32.4 Å². The predicted octanol–water partition coefficient (Wildman–Crippen LogP) is 1.47. The number of hydrogen-bond acceptors (Lipinski definition) is 5. The van der Waals surface area contributed by atoms with Crippen LogP contribution in [0.1, 0.15) is 31.9 Å². The number of aryl methyl sites for hydroxylation is 2. The van der Waals surface area contributed by atoms with E-state index in [1.807, 2.05) is 14.0 Å². The third-order valence-corrected chi connectivity index (χ3v) is 3.86. The Morgan fingerprint density at radius 2 is 2.30 bits per heavy atom. The van der Waals surface area contributed by atoms with Crippen molar-refractivity contribution >= 4 is 11.5 Å². The van der Waals surface area contributed by atoms with Gasteiger partial charge in [0.1, 0.15) is 5.69 Å². The number of anilines is 1. The fourth-order valence-electron chi connectivity index (χ4n) is 2.91. The minimum absolute atomic E-state index is 0.186. The minimum Gasteiger partial charge on any atom is -0.350 e. The molecule has 1 atom stereocenters. The lowest BCUT2D eigenvalue weighted by atomic mass is 10.1. The van der Waals surface area contributed by atoms with Gasteiger partial charge in [0.15, 0.2) is 0 Å². The number of nitrogens with one attached hydrogen (secondary N) is 1. The van der Waals surface area contributed by atoms with Crippen LogP contribution in [0.25, 0.3) is 0 Å². The van der Waals surface area contributed by atoms with Gasteiger partial charge in [0.2, 0.25) is 5.82 Å². The molecule has 0 saturated carbocycles. The Balaban J connectivity index is 2.36. The van der Waals surface area contributed by atoms with Crippen molar-refractivity contribution in [1.82, 2.24) is 15.1 Å². The van der Waals surface area contributed by atoms with Crippen LogP contribution in [0.2, 0.25) is 0 Å².